The van der Waals surface area contributed by atoms with Gasteiger partial charge in [-0.05, 0) is 66.2 Å². The summed E-state index contributed by atoms with van der Waals surface area (Å²) in [5.41, 5.74) is 1.15. The first-order chi connectivity index (χ1) is 18.7. The standard InChI is InChI=1S/C28H21F3N4O3S/c1-38-21-10-11-22-23(15-21)39-25(34-22)14-20-13-24(28(30,31)17-4-6-18(29)7-5-17)35-27(33-20)32-19-8-2-16(3-9-19)12-26(36)37/h2-11,13,15H,12,14H2,1H3,(H,36,37)(H,32,33,35). The number of hydrogen-bond donors (Lipinski definition) is 2. The summed E-state index contributed by atoms with van der Waals surface area (Å²) in [4.78, 5) is 24.1. The Labute approximate surface area is 225 Å². The quantitative estimate of drug-likeness (QED) is 0.221. The van der Waals surface area contributed by atoms with Crippen LogP contribution in [0.5, 0.6) is 5.75 Å². The van der Waals surface area contributed by atoms with Crippen LogP contribution in [0.15, 0.2) is 72.8 Å². The lowest BCUT2D eigenvalue weighted by Gasteiger charge is -2.18. The summed E-state index contributed by atoms with van der Waals surface area (Å²) in [6.07, 6.45) is 0.0251. The van der Waals surface area contributed by atoms with Gasteiger partial charge < -0.3 is 15.2 Å². The second-order valence-electron chi connectivity index (χ2n) is 8.66. The molecule has 0 saturated carbocycles. The third-order valence-electron chi connectivity index (χ3n) is 5.85. The number of halogens is 3. The third kappa shape index (κ3) is 5.99. The molecule has 0 bridgehead atoms. The van der Waals surface area contributed by atoms with Crippen LogP contribution >= 0.6 is 11.3 Å². The molecule has 2 heterocycles. The molecule has 11 heteroatoms. The van der Waals surface area contributed by atoms with Crippen LogP contribution in [0.25, 0.3) is 10.2 Å². The Morgan fingerprint density at radius 2 is 1.74 bits per heavy atom. The first kappa shape index (κ1) is 26.1. The molecule has 3 aromatic carbocycles. The van der Waals surface area contributed by atoms with Gasteiger partial charge in [0.2, 0.25) is 5.95 Å². The number of nitrogens with zero attached hydrogens (tertiary/aromatic N) is 3. The number of ether oxygens (including phenoxy) is 1. The SMILES string of the molecule is COc1ccc2nc(Cc3cc(C(F)(F)c4ccc(F)cc4)nc(Nc4ccc(CC(=O)O)cc4)n3)sc2c1. The number of rotatable bonds is 9. The Morgan fingerprint density at radius 1 is 1.00 bits per heavy atom. The summed E-state index contributed by atoms with van der Waals surface area (Å²) < 4.78 is 50.7. The molecule has 2 N–H and O–H groups in total. The molecule has 198 valence electrons. The lowest BCUT2D eigenvalue weighted by molar-refractivity contribution is -0.136. The molecule has 7 nitrogen and oxygen atoms in total. The van der Waals surface area contributed by atoms with E-state index < -0.39 is 29.0 Å². The number of carboxylic acid groups (broad SMARTS) is 1. The van der Waals surface area contributed by atoms with Gasteiger partial charge >= 0.3 is 11.9 Å². The maximum atomic E-state index is 15.6. The number of alkyl halides is 2. The molecule has 39 heavy (non-hydrogen) atoms. The number of nitrogens with one attached hydrogen (secondary N) is 1. The number of fused-ring (bicyclic) bond motifs is 1. The number of methoxy groups -OCH3 is 1. The second-order valence-corrected chi connectivity index (χ2v) is 9.78. The molecular formula is C28H21F3N4O3S. The zero-order chi connectivity index (χ0) is 27.6. The summed E-state index contributed by atoms with van der Waals surface area (Å²) in [6.45, 7) is 0. The molecule has 5 rings (SSSR count). The van der Waals surface area contributed by atoms with Crippen molar-refractivity contribution in [2.24, 2.45) is 0 Å². The maximum Gasteiger partial charge on any atom is 0.315 e. The Kier molecular flexibility index (Phi) is 7.16. The van der Waals surface area contributed by atoms with E-state index in [4.69, 9.17) is 9.84 Å². The lowest BCUT2D eigenvalue weighted by Crippen LogP contribution is -2.19. The number of benzene rings is 3. The van der Waals surface area contributed by atoms with Gasteiger partial charge in [0.15, 0.2) is 0 Å². The van der Waals surface area contributed by atoms with Crippen molar-refractivity contribution < 1.29 is 27.8 Å². The fourth-order valence-corrected chi connectivity index (χ4v) is 4.94. The lowest BCUT2D eigenvalue weighted by atomic mass is 10.0. The number of hydrogen-bond acceptors (Lipinski definition) is 7. The fourth-order valence-electron chi connectivity index (χ4n) is 3.93. The zero-order valence-electron chi connectivity index (χ0n) is 20.5. The van der Waals surface area contributed by atoms with Gasteiger partial charge in [0.05, 0.1) is 34.4 Å². The number of aromatic nitrogens is 3. The van der Waals surface area contributed by atoms with Crippen molar-refractivity contribution >= 4 is 39.2 Å². The molecular weight excluding hydrogens is 529 g/mol. The van der Waals surface area contributed by atoms with E-state index in [-0.39, 0.29) is 18.8 Å². The number of carboxylic acids is 1. The zero-order valence-corrected chi connectivity index (χ0v) is 21.3. The molecule has 0 aliphatic carbocycles. The molecule has 0 fully saturated rings. The van der Waals surface area contributed by atoms with Crippen molar-refractivity contribution in [2.45, 2.75) is 18.8 Å². The Balaban J connectivity index is 1.51. The van der Waals surface area contributed by atoms with E-state index in [0.717, 1.165) is 34.5 Å². The number of anilines is 2. The van der Waals surface area contributed by atoms with Crippen molar-refractivity contribution in [2.75, 3.05) is 12.4 Å². The molecule has 2 aromatic heterocycles. The normalized spacial score (nSPS) is 11.5. The van der Waals surface area contributed by atoms with Crippen LogP contribution in [0.3, 0.4) is 0 Å². The van der Waals surface area contributed by atoms with E-state index >= 15 is 8.78 Å². The van der Waals surface area contributed by atoms with Crippen molar-refractivity contribution in [3.8, 4) is 5.75 Å². The average molecular weight is 551 g/mol. The summed E-state index contributed by atoms with van der Waals surface area (Å²) >= 11 is 1.40. The minimum Gasteiger partial charge on any atom is -0.497 e. The van der Waals surface area contributed by atoms with Gasteiger partial charge in [-0.1, -0.05) is 12.1 Å². The Morgan fingerprint density at radius 3 is 2.44 bits per heavy atom. The van der Waals surface area contributed by atoms with E-state index in [2.05, 4.69) is 20.3 Å². The minimum atomic E-state index is -3.53. The summed E-state index contributed by atoms with van der Waals surface area (Å²) in [5, 5.41) is 12.6. The molecule has 0 amide bonds. The van der Waals surface area contributed by atoms with Crippen molar-refractivity contribution in [1.29, 1.82) is 0 Å². The molecule has 0 aliphatic heterocycles. The Hall–Kier alpha value is -4.51. The van der Waals surface area contributed by atoms with Crippen molar-refractivity contribution in [3.63, 3.8) is 0 Å². The number of aliphatic carboxylic acids is 1. The van der Waals surface area contributed by atoms with Gasteiger partial charge in [0.1, 0.15) is 17.3 Å². The predicted octanol–water partition coefficient (Wildman–Crippen LogP) is 6.34. The van der Waals surface area contributed by atoms with E-state index in [1.165, 1.54) is 17.4 Å². The van der Waals surface area contributed by atoms with Crippen LogP contribution in [-0.4, -0.2) is 33.1 Å². The van der Waals surface area contributed by atoms with Gasteiger partial charge in [0.25, 0.3) is 0 Å². The first-order valence-electron chi connectivity index (χ1n) is 11.7. The highest BCUT2D eigenvalue weighted by Gasteiger charge is 2.36. The predicted molar refractivity (Wildman–Crippen MR) is 141 cm³/mol. The molecule has 5 aromatic rings. The largest absolute Gasteiger partial charge is 0.497 e. The van der Waals surface area contributed by atoms with Gasteiger partial charge in [-0.3, -0.25) is 4.79 Å². The van der Waals surface area contributed by atoms with Gasteiger partial charge in [-0.15, -0.1) is 11.3 Å². The smallest absolute Gasteiger partial charge is 0.315 e. The van der Waals surface area contributed by atoms with Crippen molar-refractivity contribution in [1.82, 2.24) is 15.0 Å². The first-order valence-corrected chi connectivity index (χ1v) is 12.5. The Bertz CT molecular complexity index is 1640. The number of thiazole rings is 1. The van der Waals surface area contributed by atoms with Crippen LogP contribution in [-0.2, 0) is 23.6 Å². The summed E-state index contributed by atoms with van der Waals surface area (Å²) in [5.74, 6) is -4.51. The van der Waals surface area contributed by atoms with Crippen LogP contribution in [0.4, 0.5) is 24.8 Å². The molecule has 0 atom stereocenters. The van der Waals surface area contributed by atoms with Crippen molar-refractivity contribution in [3.05, 3.63) is 106 Å². The molecule has 0 saturated heterocycles. The van der Waals surface area contributed by atoms with E-state index in [9.17, 15) is 9.18 Å². The highest BCUT2D eigenvalue weighted by molar-refractivity contribution is 7.18. The van der Waals surface area contributed by atoms with E-state index in [0.29, 0.717) is 27.7 Å². The highest BCUT2D eigenvalue weighted by atomic mass is 32.1. The molecule has 0 spiro atoms. The van der Waals surface area contributed by atoms with Gasteiger partial charge in [-0.2, -0.15) is 8.78 Å². The van der Waals surface area contributed by atoms with Crippen LogP contribution in [0.1, 0.15) is 27.5 Å². The van der Waals surface area contributed by atoms with Gasteiger partial charge in [-0.25, -0.2) is 19.3 Å². The summed E-state index contributed by atoms with van der Waals surface area (Å²) in [7, 11) is 1.57. The van der Waals surface area contributed by atoms with Crippen LogP contribution in [0.2, 0.25) is 0 Å². The second kappa shape index (κ2) is 10.7. The fraction of sp³-hybridized carbons (Fsp3) is 0.143. The minimum absolute atomic E-state index is 0.0712. The highest BCUT2D eigenvalue weighted by Crippen LogP contribution is 2.36. The molecule has 0 radical (unpaired) electrons. The van der Waals surface area contributed by atoms with Gasteiger partial charge in [0, 0.05) is 17.7 Å². The summed E-state index contributed by atoms with van der Waals surface area (Å²) in [6, 6.07) is 17.1. The molecule has 0 aliphatic rings. The van der Waals surface area contributed by atoms with Crippen LogP contribution < -0.4 is 10.1 Å². The maximum absolute atomic E-state index is 15.6. The van der Waals surface area contributed by atoms with E-state index in [1.807, 2.05) is 12.1 Å². The third-order valence-corrected chi connectivity index (χ3v) is 6.86. The molecule has 0 unspecified atom stereocenters. The van der Waals surface area contributed by atoms with E-state index in [1.54, 1.807) is 37.4 Å². The monoisotopic (exact) mass is 550 g/mol. The number of carbonyl (C=O) groups is 1. The average Bonchev–Trinajstić information content (AvgIpc) is 3.31. The topological polar surface area (TPSA) is 97.2 Å². The van der Waals surface area contributed by atoms with Crippen LogP contribution in [0, 0.1) is 5.82 Å².